The van der Waals surface area contributed by atoms with Crippen molar-refractivity contribution in [2.75, 3.05) is 12.4 Å². The molecule has 0 radical (unpaired) electrons. The Morgan fingerprint density at radius 2 is 2.22 bits per heavy atom. The molecule has 0 spiro atoms. The highest BCUT2D eigenvalue weighted by Crippen LogP contribution is 2.24. The first-order chi connectivity index (χ1) is 8.42. The van der Waals surface area contributed by atoms with Crippen LogP contribution in [0.15, 0.2) is 0 Å². The molecule has 0 aromatic carbocycles. The molecule has 0 saturated carbocycles. The van der Waals surface area contributed by atoms with E-state index in [0.29, 0.717) is 11.6 Å². The van der Waals surface area contributed by atoms with Gasteiger partial charge in [-0.15, -0.1) is 0 Å². The third kappa shape index (κ3) is 3.41. The van der Waals surface area contributed by atoms with E-state index in [4.69, 9.17) is 4.74 Å². The Hall–Kier alpha value is -1.17. The quantitative estimate of drug-likeness (QED) is 0.806. The highest BCUT2D eigenvalue weighted by molar-refractivity contribution is 7.09. The fourth-order valence-electron chi connectivity index (χ4n) is 1.70. The van der Waals surface area contributed by atoms with Gasteiger partial charge < -0.3 is 10.1 Å². The Morgan fingerprint density at radius 1 is 1.56 bits per heavy atom. The summed E-state index contributed by atoms with van der Waals surface area (Å²) in [7, 11) is 1.40. The molecule has 5 nitrogen and oxygen atoms in total. The number of aromatic nitrogens is 2. The highest BCUT2D eigenvalue weighted by atomic mass is 32.1. The molecule has 1 rings (SSSR count). The van der Waals surface area contributed by atoms with Gasteiger partial charge in [0.25, 0.3) is 0 Å². The van der Waals surface area contributed by atoms with Crippen molar-refractivity contribution in [3.63, 3.8) is 0 Å². The number of ether oxygens (including phenoxy) is 1. The van der Waals surface area contributed by atoms with Gasteiger partial charge in [0.05, 0.1) is 7.11 Å². The van der Waals surface area contributed by atoms with Crippen molar-refractivity contribution in [3.8, 4) is 0 Å². The van der Waals surface area contributed by atoms with Gasteiger partial charge in [0.15, 0.2) is 0 Å². The zero-order chi connectivity index (χ0) is 13.8. The first kappa shape index (κ1) is 14.9. The van der Waals surface area contributed by atoms with E-state index in [9.17, 15) is 4.79 Å². The van der Waals surface area contributed by atoms with Crippen LogP contribution in [0.2, 0.25) is 0 Å². The van der Waals surface area contributed by atoms with Crippen LogP contribution < -0.4 is 5.32 Å². The molecule has 0 amide bonds. The van der Waals surface area contributed by atoms with E-state index in [-0.39, 0.29) is 11.9 Å². The summed E-state index contributed by atoms with van der Waals surface area (Å²) in [5.41, 5.74) is -0.739. The fourth-order valence-corrected chi connectivity index (χ4v) is 2.53. The first-order valence-corrected chi connectivity index (χ1v) is 6.90. The van der Waals surface area contributed by atoms with E-state index in [2.05, 4.69) is 14.7 Å². The van der Waals surface area contributed by atoms with E-state index in [0.717, 1.165) is 12.2 Å². The lowest BCUT2D eigenvalue weighted by Gasteiger charge is -2.26. The minimum absolute atomic E-state index is 0.273. The average molecular weight is 271 g/mol. The molecule has 0 aliphatic heterocycles. The topological polar surface area (TPSA) is 64.1 Å². The van der Waals surface area contributed by atoms with Gasteiger partial charge >= 0.3 is 5.97 Å². The normalized spacial score (nSPS) is 14.3. The van der Waals surface area contributed by atoms with Crippen LogP contribution in [-0.2, 0) is 9.53 Å². The van der Waals surface area contributed by atoms with Crippen LogP contribution >= 0.6 is 11.5 Å². The van der Waals surface area contributed by atoms with Crippen LogP contribution in [0.4, 0.5) is 5.13 Å². The third-order valence-electron chi connectivity index (χ3n) is 2.73. The second-order valence-corrected chi connectivity index (χ2v) is 5.56. The van der Waals surface area contributed by atoms with Gasteiger partial charge in [0.1, 0.15) is 11.4 Å². The molecule has 1 atom stereocenters. The Balaban J connectivity index is 2.85. The van der Waals surface area contributed by atoms with Gasteiger partial charge in [-0.2, -0.15) is 4.37 Å². The zero-order valence-electron chi connectivity index (χ0n) is 11.6. The van der Waals surface area contributed by atoms with Crippen molar-refractivity contribution in [1.82, 2.24) is 9.36 Å². The summed E-state index contributed by atoms with van der Waals surface area (Å²) in [5.74, 6) is 0.809. The zero-order valence-corrected chi connectivity index (χ0v) is 12.4. The van der Waals surface area contributed by atoms with Crippen molar-refractivity contribution in [2.45, 2.75) is 52.0 Å². The molecule has 1 unspecified atom stereocenters. The molecule has 0 aliphatic rings. The SMILES string of the molecule is CCCC(C)(Nc1nc(C(C)C)ns1)C(=O)OC. The number of hydrogen-bond donors (Lipinski definition) is 1. The maximum Gasteiger partial charge on any atom is 0.331 e. The number of esters is 1. The average Bonchev–Trinajstić information content (AvgIpc) is 2.76. The minimum Gasteiger partial charge on any atom is -0.467 e. The van der Waals surface area contributed by atoms with E-state index in [1.165, 1.54) is 18.6 Å². The number of carbonyl (C=O) groups excluding carboxylic acids is 1. The van der Waals surface area contributed by atoms with Gasteiger partial charge in [0.2, 0.25) is 5.13 Å². The number of rotatable bonds is 6. The van der Waals surface area contributed by atoms with Crippen molar-refractivity contribution in [3.05, 3.63) is 5.82 Å². The number of carbonyl (C=O) groups is 1. The van der Waals surface area contributed by atoms with E-state index >= 15 is 0 Å². The summed E-state index contributed by atoms with van der Waals surface area (Å²) in [6.45, 7) is 7.94. The molecule has 1 aromatic heterocycles. The fraction of sp³-hybridized carbons (Fsp3) is 0.750. The highest BCUT2D eigenvalue weighted by Gasteiger charge is 2.34. The molecule has 1 heterocycles. The van der Waals surface area contributed by atoms with E-state index in [1.54, 1.807) is 0 Å². The third-order valence-corrected chi connectivity index (χ3v) is 3.37. The largest absolute Gasteiger partial charge is 0.467 e. The lowest BCUT2D eigenvalue weighted by atomic mass is 9.97. The Bertz CT molecular complexity index is 406. The summed E-state index contributed by atoms with van der Waals surface area (Å²) >= 11 is 1.28. The van der Waals surface area contributed by atoms with Gasteiger partial charge in [-0.3, -0.25) is 0 Å². The second kappa shape index (κ2) is 6.13. The number of nitrogens with zero attached hydrogens (tertiary/aromatic N) is 2. The van der Waals surface area contributed by atoms with Crippen LogP contribution in [-0.4, -0.2) is 28.0 Å². The molecule has 0 bridgehead atoms. The van der Waals surface area contributed by atoms with Crippen LogP contribution in [0, 0.1) is 0 Å². The Morgan fingerprint density at radius 3 is 2.67 bits per heavy atom. The van der Waals surface area contributed by atoms with Crippen LogP contribution in [0.3, 0.4) is 0 Å². The van der Waals surface area contributed by atoms with Crippen molar-refractivity contribution < 1.29 is 9.53 Å². The molecular weight excluding hydrogens is 250 g/mol. The summed E-state index contributed by atoms with van der Waals surface area (Å²) in [5, 5.41) is 3.82. The van der Waals surface area contributed by atoms with Crippen LogP contribution in [0.25, 0.3) is 0 Å². The lowest BCUT2D eigenvalue weighted by Crippen LogP contribution is -2.44. The molecule has 1 N–H and O–H groups in total. The molecule has 102 valence electrons. The molecule has 0 fully saturated rings. The smallest absolute Gasteiger partial charge is 0.331 e. The summed E-state index contributed by atoms with van der Waals surface area (Å²) in [6.07, 6.45) is 1.57. The summed E-state index contributed by atoms with van der Waals surface area (Å²) in [4.78, 5) is 16.2. The maximum atomic E-state index is 11.8. The molecule has 0 aliphatic carbocycles. The molecule has 18 heavy (non-hydrogen) atoms. The van der Waals surface area contributed by atoms with Gasteiger partial charge in [0, 0.05) is 17.5 Å². The summed E-state index contributed by atoms with van der Waals surface area (Å²) < 4.78 is 9.11. The molecule has 0 saturated heterocycles. The van der Waals surface area contributed by atoms with Gasteiger partial charge in [-0.1, -0.05) is 27.2 Å². The second-order valence-electron chi connectivity index (χ2n) is 4.81. The molecule has 1 aromatic rings. The Labute approximate surface area is 112 Å². The summed E-state index contributed by atoms with van der Waals surface area (Å²) in [6, 6.07) is 0. The first-order valence-electron chi connectivity index (χ1n) is 6.13. The van der Waals surface area contributed by atoms with Gasteiger partial charge in [-0.05, 0) is 13.3 Å². The predicted octanol–water partition coefficient (Wildman–Crippen LogP) is 2.81. The number of hydrogen-bond acceptors (Lipinski definition) is 6. The van der Waals surface area contributed by atoms with Crippen LogP contribution in [0.1, 0.15) is 52.3 Å². The van der Waals surface area contributed by atoms with Crippen LogP contribution in [0.5, 0.6) is 0 Å². The number of methoxy groups -OCH3 is 1. The van der Waals surface area contributed by atoms with E-state index < -0.39 is 5.54 Å². The standard InChI is InChI=1S/C12H21N3O2S/c1-6-7-12(4,10(16)17-5)14-11-13-9(8(2)3)15-18-11/h8H,6-7H2,1-5H3,(H,13,14,15). The van der Waals surface area contributed by atoms with Crippen molar-refractivity contribution in [1.29, 1.82) is 0 Å². The monoisotopic (exact) mass is 271 g/mol. The van der Waals surface area contributed by atoms with E-state index in [1.807, 2.05) is 27.7 Å². The predicted molar refractivity (Wildman–Crippen MR) is 72.9 cm³/mol. The van der Waals surface area contributed by atoms with Crippen molar-refractivity contribution in [2.24, 2.45) is 0 Å². The number of anilines is 1. The van der Waals surface area contributed by atoms with Crippen molar-refractivity contribution >= 4 is 22.6 Å². The van der Waals surface area contributed by atoms with Gasteiger partial charge in [-0.25, -0.2) is 9.78 Å². The lowest BCUT2D eigenvalue weighted by molar-refractivity contribution is -0.145. The molecular formula is C12H21N3O2S. The Kier molecular flexibility index (Phi) is 5.07. The molecule has 6 heteroatoms. The number of nitrogens with one attached hydrogen (secondary N) is 1. The minimum atomic E-state index is -0.739. The maximum absolute atomic E-state index is 11.8.